The van der Waals surface area contributed by atoms with Crippen LogP contribution in [-0.2, 0) is 15.0 Å². The minimum atomic E-state index is -1.11. The van der Waals surface area contributed by atoms with Crippen molar-refractivity contribution in [1.29, 1.82) is 0 Å². The number of nitrogens with zero attached hydrogens (tertiary/aromatic N) is 2. The fourth-order valence-electron chi connectivity index (χ4n) is 4.37. The molecule has 0 saturated carbocycles. The highest BCUT2D eigenvalue weighted by Gasteiger charge is 2.48. The van der Waals surface area contributed by atoms with E-state index in [1.165, 1.54) is 11.1 Å². The van der Waals surface area contributed by atoms with Crippen LogP contribution >= 0.6 is 11.6 Å². The number of rotatable bonds is 10. The number of benzene rings is 1. The molecule has 0 unspecified atom stereocenters. The summed E-state index contributed by atoms with van der Waals surface area (Å²) in [6, 6.07) is 10.0. The second kappa shape index (κ2) is 10.2. The molecule has 2 N–H and O–H groups in total. The van der Waals surface area contributed by atoms with Crippen LogP contribution in [0.15, 0.2) is 36.5 Å². The summed E-state index contributed by atoms with van der Waals surface area (Å²) >= 11 is 6.06. The highest BCUT2D eigenvalue weighted by molar-refractivity contribution is 6.29. The van der Waals surface area contributed by atoms with Crippen molar-refractivity contribution in [1.82, 2.24) is 9.88 Å². The maximum atomic E-state index is 12.9. The number of carbonyl (C=O) groups is 2. The highest BCUT2D eigenvalue weighted by atomic mass is 35.5. The van der Waals surface area contributed by atoms with E-state index in [0.717, 1.165) is 5.69 Å². The van der Waals surface area contributed by atoms with Gasteiger partial charge < -0.3 is 20.1 Å². The van der Waals surface area contributed by atoms with Gasteiger partial charge in [0.05, 0.1) is 23.9 Å². The molecule has 1 aliphatic heterocycles. The number of carboxylic acids is 1. The molecule has 0 atom stereocenters. The Bertz CT molecular complexity index is 1050. The van der Waals surface area contributed by atoms with E-state index >= 15 is 0 Å². The van der Waals surface area contributed by atoms with Gasteiger partial charge in [0.25, 0.3) is 0 Å². The van der Waals surface area contributed by atoms with Crippen LogP contribution in [0.25, 0.3) is 0 Å². The second-order valence-corrected chi connectivity index (χ2v) is 10.3. The summed E-state index contributed by atoms with van der Waals surface area (Å²) in [4.78, 5) is 30.4. The van der Waals surface area contributed by atoms with Crippen molar-refractivity contribution < 1.29 is 19.4 Å². The third-order valence-corrected chi connectivity index (χ3v) is 6.62. The van der Waals surface area contributed by atoms with E-state index in [1.54, 1.807) is 31.0 Å². The topological polar surface area (TPSA) is 91.8 Å². The number of likely N-dealkylation sites (tertiary alicyclic amines) is 1. The molecule has 0 bridgehead atoms. The Morgan fingerprint density at radius 2 is 1.97 bits per heavy atom. The summed E-state index contributed by atoms with van der Waals surface area (Å²) in [5.41, 5.74) is 1.74. The minimum absolute atomic E-state index is 0.0345. The molecule has 0 aliphatic carbocycles. The number of aliphatic carboxylic acids is 1. The Morgan fingerprint density at radius 3 is 2.59 bits per heavy atom. The van der Waals surface area contributed by atoms with Crippen molar-refractivity contribution in [2.75, 3.05) is 31.6 Å². The van der Waals surface area contributed by atoms with E-state index < -0.39 is 11.4 Å². The van der Waals surface area contributed by atoms with Crippen molar-refractivity contribution >= 4 is 29.2 Å². The van der Waals surface area contributed by atoms with E-state index in [1.807, 2.05) is 19.1 Å². The number of carboxylic acid groups (broad SMARTS) is 1. The molecule has 8 heteroatoms. The van der Waals surface area contributed by atoms with Crippen LogP contribution in [0.2, 0.25) is 5.15 Å². The van der Waals surface area contributed by atoms with Crippen LogP contribution in [0.3, 0.4) is 0 Å². The molecule has 34 heavy (non-hydrogen) atoms. The van der Waals surface area contributed by atoms with Gasteiger partial charge >= 0.3 is 5.97 Å². The lowest BCUT2D eigenvalue weighted by Crippen LogP contribution is -2.64. The van der Waals surface area contributed by atoms with E-state index in [4.69, 9.17) is 16.3 Å². The van der Waals surface area contributed by atoms with Crippen LogP contribution < -0.4 is 10.1 Å². The number of hydrogen-bond acceptors (Lipinski definition) is 5. The molecule has 7 nitrogen and oxygen atoms in total. The molecule has 1 aliphatic rings. The first kappa shape index (κ1) is 25.8. The molecular weight excluding hydrogens is 454 g/mol. The first-order valence-electron chi connectivity index (χ1n) is 11.6. The zero-order chi connectivity index (χ0) is 25.1. The molecule has 0 radical (unpaired) electrons. The molecule has 184 valence electrons. The Balaban J connectivity index is 1.88. The standard InChI is InChI=1S/C26H34ClN3O4/c1-6-34-21-11-22(27)28-13-20(21)29-14-26(19-10-8-7-9-18(19)17(2)3)15-30(16-26)23(31)12-25(4,5)24(32)33/h7-11,13,17,29H,6,12,14-16H2,1-5H3,(H,32,33). The van der Waals surface area contributed by atoms with Crippen LogP contribution in [0.1, 0.15) is 58.1 Å². The third-order valence-electron chi connectivity index (χ3n) is 6.42. The third kappa shape index (κ3) is 5.46. The largest absolute Gasteiger partial charge is 0.492 e. The Kier molecular flexibility index (Phi) is 7.76. The average molecular weight is 488 g/mol. The van der Waals surface area contributed by atoms with Gasteiger partial charge in [0.15, 0.2) is 0 Å². The van der Waals surface area contributed by atoms with Crippen molar-refractivity contribution in [3.05, 3.63) is 52.8 Å². The van der Waals surface area contributed by atoms with Crippen molar-refractivity contribution in [2.45, 2.75) is 52.4 Å². The van der Waals surface area contributed by atoms with Crippen molar-refractivity contribution in [3.63, 3.8) is 0 Å². The van der Waals surface area contributed by atoms with Gasteiger partial charge in [0.2, 0.25) is 5.91 Å². The summed E-state index contributed by atoms with van der Waals surface area (Å²) in [7, 11) is 0. The quantitative estimate of drug-likeness (QED) is 0.461. The molecule has 2 heterocycles. The van der Waals surface area contributed by atoms with Crippen molar-refractivity contribution in [3.8, 4) is 5.75 Å². The number of pyridine rings is 1. The lowest BCUT2D eigenvalue weighted by Gasteiger charge is -2.52. The molecule has 1 fully saturated rings. The first-order chi connectivity index (χ1) is 16.0. The van der Waals surface area contributed by atoms with Crippen LogP contribution in [0.4, 0.5) is 5.69 Å². The molecule has 2 aromatic rings. The van der Waals surface area contributed by atoms with Gasteiger partial charge in [-0.1, -0.05) is 49.7 Å². The molecule has 1 saturated heterocycles. The lowest BCUT2D eigenvalue weighted by atomic mass is 9.70. The minimum Gasteiger partial charge on any atom is -0.492 e. The zero-order valence-corrected chi connectivity index (χ0v) is 21.3. The number of carbonyl (C=O) groups excluding carboxylic acids is 1. The highest BCUT2D eigenvalue weighted by Crippen LogP contribution is 2.40. The monoisotopic (exact) mass is 487 g/mol. The Morgan fingerprint density at radius 1 is 1.29 bits per heavy atom. The molecule has 1 aromatic carbocycles. The normalized spacial score (nSPS) is 15.1. The van der Waals surface area contributed by atoms with Gasteiger partial charge in [-0.05, 0) is 37.8 Å². The smallest absolute Gasteiger partial charge is 0.309 e. The predicted octanol–water partition coefficient (Wildman–Crippen LogP) is 4.95. The number of hydrogen-bond donors (Lipinski definition) is 2. The summed E-state index contributed by atoms with van der Waals surface area (Å²) in [5, 5.41) is 13.3. The average Bonchev–Trinajstić information content (AvgIpc) is 2.74. The number of aromatic nitrogens is 1. The van der Waals surface area contributed by atoms with Gasteiger partial charge in [-0.25, -0.2) is 4.98 Å². The number of anilines is 1. The summed E-state index contributed by atoms with van der Waals surface area (Å²) < 4.78 is 5.73. The summed E-state index contributed by atoms with van der Waals surface area (Å²) in [6.07, 6.45) is 1.62. The van der Waals surface area contributed by atoms with Crippen LogP contribution in [0, 0.1) is 5.41 Å². The van der Waals surface area contributed by atoms with Gasteiger partial charge in [0, 0.05) is 37.5 Å². The van der Waals surface area contributed by atoms with Gasteiger partial charge in [-0.15, -0.1) is 0 Å². The van der Waals surface area contributed by atoms with E-state index in [2.05, 4.69) is 36.3 Å². The van der Waals surface area contributed by atoms with Crippen molar-refractivity contribution in [2.24, 2.45) is 5.41 Å². The molecule has 1 amide bonds. The number of halogens is 1. The van der Waals surface area contributed by atoms with Gasteiger partial charge in [-0.2, -0.15) is 0 Å². The fraction of sp³-hybridized carbons (Fsp3) is 0.500. The maximum Gasteiger partial charge on any atom is 0.309 e. The summed E-state index contributed by atoms with van der Waals surface area (Å²) in [5.74, 6) is -0.170. The first-order valence-corrected chi connectivity index (χ1v) is 12.0. The molecule has 3 rings (SSSR count). The van der Waals surface area contributed by atoms with E-state index in [9.17, 15) is 14.7 Å². The number of ether oxygens (including phenoxy) is 1. The lowest BCUT2D eigenvalue weighted by molar-refractivity contribution is -0.153. The predicted molar refractivity (Wildman–Crippen MR) is 134 cm³/mol. The Labute approximate surface area is 206 Å². The summed E-state index contributed by atoms with van der Waals surface area (Å²) in [6.45, 7) is 11.5. The maximum absolute atomic E-state index is 12.9. The van der Waals surface area contributed by atoms with Gasteiger partial charge in [0.1, 0.15) is 10.9 Å². The van der Waals surface area contributed by atoms with E-state index in [-0.39, 0.29) is 17.7 Å². The fourth-order valence-corrected chi connectivity index (χ4v) is 4.52. The molecular formula is C26H34ClN3O4. The number of amides is 1. The van der Waals surface area contributed by atoms with Gasteiger partial charge in [-0.3, -0.25) is 9.59 Å². The molecule has 1 aromatic heterocycles. The Hall–Kier alpha value is -2.80. The second-order valence-electron chi connectivity index (χ2n) is 9.93. The van der Waals surface area contributed by atoms with Crippen LogP contribution in [-0.4, -0.2) is 53.1 Å². The zero-order valence-electron chi connectivity index (χ0n) is 20.5. The number of nitrogens with one attached hydrogen (secondary N) is 1. The molecule has 0 spiro atoms. The SMILES string of the molecule is CCOc1cc(Cl)ncc1NCC1(c2ccccc2C(C)C)CN(C(=O)CC(C)(C)C(=O)O)C1. The van der Waals surface area contributed by atoms with Crippen LogP contribution in [0.5, 0.6) is 5.75 Å². The van der Waals surface area contributed by atoms with E-state index in [0.29, 0.717) is 43.1 Å².